The molecule has 6 aliphatic rings. The van der Waals surface area contributed by atoms with Crippen LogP contribution in [0.1, 0.15) is 53.5 Å². The molecule has 0 spiro atoms. The highest BCUT2D eigenvalue weighted by Gasteiger charge is 2.49. The van der Waals surface area contributed by atoms with Gasteiger partial charge in [0.05, 0.1) is 17.1 Å². The van der Waals surface area contributed by atoms with Gasteiger partial charge in [-0.15, -0.1) is 0 Å². The first-order valence-corrected chi connectivity index (χ1v) is 39.8. The van der Waals surface area contributed by atoms with E-state index < -0.39 is 0 Å². The maximum absolute atomic E-state index is 2.74. The number of benzene rings is 14. The van der Waals surface area contributed by atoms with E-state index in [1.165, 1.54) is 66.5 Å². The quantitative estimate of drug-likeness (QED) is 0.107. The lowest BCUT2D eigenvalue weighted by molar-refractivity contribution is 0.329. The number of hydrogen-bond acceptors (Lipinski definition) is 3. The van der Waals surface area contributed by atoms with Gasteiger partial charge in [0.15, 0.2) is 0 Å². The third-order valence-corrected chi connectivity index (χ3v) is 24.4. The summed E-state index contributed by atoms with van der Waals surface area (Å²) in [5.74, 6) is 0.902. The zero-order valence-electron chi connectivity index (χ0n) is 64.2. The van der Waals surface area contributed by atoms with E-state index in [9.17, 15) is 0 Å². The standard InChI is InChI=1S/C108H86BN3/c1-107(2,3)85-62-82-48-49-83-63-86(108(4,5)6)68-95-94(65-84(64-85)102(82)103(83)95)81-55-61-97-99(67-81)112(106-92(78-40-24-12-25-41-78)46-29-47-93(106)79-42-26-13-27-43-79)101-70-89(110(87-56-50-74(51-57-87)71-30-14-7-15-31-71)88-58-52-75(53-59-88)72-32-16-8-17-33-72)69-100-104(101)109(97)96-60-54-80(73-34-18-9-19-35-73)66-98(96)111(100)105-90(76-36-20-10-21-37-76)44-28-45-91(105)77-38-22-11-23-39-77/h7-62,64-70,83,102-103H,63H2,1-6H3. The number of para-hydroxylation sites is 2. The summed E-state index contributed by atoms with van der Waals surface area (Å²) >= 11 is 0. The van der Waals surface area contributed by atoms with Crippen molar-refractivity contribution in [3.05, 3.63) is 416 Å². The smallest absolute Gasteiger partial charge is 0.252 e. The van der Waals surface area contributed by atoms with Gasteiger partial charge in [-0.25, -0.2) is 0 Å². The van der Waals surface area contributed by atoms with Crippen molar-refractivity contribution in [2.24, 2.45) is 28.6 Å². The van der Waals surface area contributed by atoms with Crippen LogP contribution in [0.15, 0.2) is 410 Å². The number of rotatable bonds is 13. The van der Waals surface area contributed by atoms with Crippen molar-refractivity contribution in [2.75, 3.05) is 14.7 Å². The van der Waals surface area contributed by atoms with Crippen LogP contribution in [0.3, 0.4) is 0 Å². The maximum atomic E-state index is 2.74. The molecule has 4 heteroatoms. The van der Waals surface area contributed by atoms with Crippen LogP contribution in [0.5, 0.6) is 0 Å². The van der Waals surface area contributed by atoms with E-state index in [0.29, 0.717) is 5.92 Å². The van der Waals surface area contributed by atoms with E-state index in [0.717, 1.165) is 124 Å². The summed E-state index contributed by atoms with van der Waals surface area (Å²) in [4.78, 5) is 7.96. The van der Waals surface area contributed by atoms with Crippen molar-refractivity contribution in [3.8, 4) is 77.9 Å². The molecule has 0 saturated carbocycles. The predicted octanol–water partition coefficient (Wildman–Crippen LogP) is 27.3. The fourth-order valence-electron chi connectivity index (χ4n) is 18.8. The number of allylic oxidation sites excluding steroid dienone is 12. The fourth-order valence-corrected chi connectivity index (χ4v) is 18.8. The molecule has 536 valence electrons. The second kappa shape index (κ2) is 27.5. The molecule has 4 aliphatic carbocycles. The second-order valence-electron chi connectivity index (χ2n) is 33.1. The van der Waals surface area contributed by atoms with Crippen molar-refractivity contribution in [2.45, 2.75) is 48.0 Å². The molecule has 2 aliphatic heterocycles. The van der Waals surface area contributed by atoms with Gasteiger partial charge in [-0.2, -0.15) is 0 Å². The van der Waals surface area contributed by atoms with Crippen LogP contribution in [0.4, 0.5) is 51.2 Å². The number of hydrogen-bond donors (Lipinski definition) is 0. The average Bonchev–Trinajstić information content (AvgIpc) is 0.690. The first kappa shape index (κ1) is 68.3. The Morgan fingerprint density at radius 2 is 0.705 bits per heavy atom. The van der Waals surface area contributed by atoms with E-state index in [1.54, 1.807) is 0 Å². The Hall–Kier alpha value is -13.0. The largest absolute Gasteiger partial charge is 0.310 e. The summed E-state index contributed by atoms with van der Waals surface area (Å²) in [6.45, 7) is 14.1. The summed E-state index contributed by atoms with van der Waals surface area (Å²) in [6, 6.07) is 130. The van der Waals surface area contributed by atoms with E-state index >= 15 is 0 Å². The zero-order chi connectivity index (χ0) is 75.3. The van der Waals surface area contributed by atoms with Crippen molar-refractivity contribution < 1.29 is 0 Å². The lowest BCUT2D eigenvalue weighted by Crippen LogP contribution is -2.61. The van der Waals surface area contributed by atoms with Crippen LogP contribution < -0.4 is 31.1 Å². The van der Waals surface area contributed by atoms with E-state index in [4.69, 9.17) is 0 Å². The van der Waals surface area contributed by atoms with Gasteiger partial charge >= 0.3 is 0 Å². The van der Waals surface area contributed by atoms with Crippen molar-refractivity contribution in [3.63, 3.8) is 0 Å². The summed E-state index contributed by atoms with van der Waals surface area (Å²) < 4.78 is 0. The lowest BCUT2D eigenvalue weighted by atomic mass is 9.33. The highest BCUT2D eigenvalue weighted by Crippen LogP contribution is 2.60. The molecule has 0 fully saturated rings. The minimum absolute atomic E-state index is 0.0302. The average molecular weight is 1440 g/mol. The van der Waals surface area contributed by atoms with E-state index in [-0.39, 0.29) is 29.4 Å². The van der Waals surface area contributed by atoms with E-state index in [1.807, 2.05) is 0 Å². The van der Waals surface area contributed by atoms with Crippen LogP contribution in [-0.2, 0) is 0 Å². The highest BCUT2D eigenvalue weighted by atomic mass is 15.2. The predicted molar refractivity (Wildman–Crippen MR) is 476 cm³/mol. The lowest BCUT2D eigenvalue weighted by Gasteiger charge is -2.48. The van der Waals surface area contributed by atoms with Gasteiger partial charge in [0.1, 0.15) is 0 Å². The molecule has 14 aromatic rings. The van der Waals surface area contributed by atoms with Crippen molar-refractivity contribution in [1.29, 1.82) is 0 Å². The molecular weight excluding hydrogens is 1350 g/mol. The Labute approximate surface area is 660 Å². The maximum Gasteiger partial charge on any atom is 0.252 e. The monoisotopic (exact) mass is 1440 g/mol. The Morgan fingerprint density at radius 3 is 1.12 bits per heavy atom. The molecule has 112 heavy (non-hydrogen) atoms. The number of fused-ring (bicyclic) bond motifs is 4. The molecular formula is C108H86BN3. The molecule has 0 bridgehead atoms. The van der Waals surface area contributed by atoms with Crippen molar-refractivity contribution in [1.82, 2.24) is 0 Å². The van der Waals surface area contributed by atoms with Gasteiger partial charge in [0.25, 0.3) is 6.71 Å². The van der Waals surface area contributed by atoms with Crippen LogP contribution in [0, 0.1) is 28.6 Å². The highest BCUT2D eigenvalue weighted by molar-refractivity contribution is 7.00. The molecule has 0 aromatic heterocycles. The molecule has 0 N–H and O–H groups in total. The molecule has 0 saturated heterocycles. The molecule has 0 radical (unpaired) electrons. The summed E-state index contributed by atoms with van der Waals surface area (Å²) in [7, 11) is 0. The minimum atomic E-state index is -0.266. The molecule has 14 aromatic carbocycles. The van der Waals surface area contributed by atoms with Crippen molar-refractivity contribution >= 4 is 79.9 Å². The van der Waals surface area contributed by atoms with Gasteiger partial charge in [-0.05, 0) is 177 Å². The van der Waals surface area contributed by atoms with Gasteiger partial charge in [-0.3, -0.25) is 0 Å². The molecule has 3 unspecified atom stereocenters. The van der Waals surface area contributed by atoms with Gasteiger partial charge in [-0.1, -0.05) is 381 Å². The number of nitrogens with zero attached hydrogens (tertiary/aromatic N) is 3. The molecule has 3 atom stereocenters. The Morgan fingerprint density at radius 1 is 0.321 bits per heavy atom. The van der Waals surface area contributed by atoms with Crippen LogP contribution in [0.25, 0.3) is 83.5 Å². The molecule has 3 nitrogen and oxygen atoms in total. The third-order valence-electron chi connectivity index (χ3n) is 24.4. The zero-order valence-corrected chi connectivity index (χ0v) is 64.2. The van der Waals surface area contributed by atoms with Crippen LogP contribution in [-0.4, -0.2) is 6.71 Å². The topological polar surface area (TPSA) is 9.72 Å². The molecule has 0 amide bonds. The normalized spacial score (nSPS) is 16.4. The first-order chi connectivity index (χ1) is 54.8. The fraction of sp³-hybridized carbons (Fsp3) is 0.111. The summed E-state index contributed by atoms with van der Waals surface area (Å²) in [6.07, 6.45) is 16.5. The Kier molecular flexibility index (Phi) is 16.8. The van der Waals surface area contributed by atoms with Crippen LogP contribution in [0.2, 0.25) is 0 Å². The SMILES string of the molecule is CC(C)(C)C1=CC2=CC(c3ccc4c(c3)N(c3c(-c5ccccc5)cccc3-c3ccccc3)c3cc(N(c5ccc(-c6ccccc6)cc5)c5ccc(-c6ccccc6)cc5)cc5c3B4c3ccc(-c4ccccc4)cc3N5c3c(-c4ccccc4)cccc3-c3ccccc3)=C3C=C(C(C)(C)C)CC4C=CC(=C1)C2C34. The third kappa shape index (κ3) is 11.9. The van der Waals surface area contributed by atoms with Gasteiger partial charge < -0.3 is 14.7 Å². The van der Waals surface area contributed by atoms with E-state index in [2.05, 4.69) is 438 Å². The molecule has 20 rings (SSSR count). The van der Waals surface area contributed by atoms with Crippen LogP contribution >= 0.6 is 0 Å². The first-order valence-electron chi connectivity index (χ1n) is 39.8. The summed E-state index contributed by atoms with van der Waals surface area (Å²) in [5, 5.41) is 0. The molecule has 2 heterocycles. The second-order valence-corrected chi connectivity index (χ2v) is 33.1. The Balaban J connectivity index is 0.951. The van der Waals surface area contributed by atoms with Gasteiger partial charge in [0, 0.05) is 68.2 Å². The Bertz CT molecular complexity index is 6000. The van der Waals surface area contributed by atoms with Gasteiger partial charge in [0.2, 0.25) is 0 Å². The number of anilines is 9. The summed E-state index contributed by atoms with van der Waals surface area (Å²) in [5.41, 5.74) is 39.1. The minimum Gasteiger partial charge on any atom is -0.310 e.